The number of rotatable bonds is 8. The Hall–Kier alpha value is -0.160. The van der Waals surface area contributed by atoms with Crippen molar-refractivity contribution in [2.24, 2.45) is 5.41 Å². The fourth-order valence-corrected chi connectivity index (χ4v) is 0.958. The predicted octanol–water partition coefficient (Wildman–Crippen LogP) is 0.766. The average molecular weight is 206 g/mol. The number of ether oxygens (including phenoxy) is 2. The van der Waals surface area contributed by atoms with Crippen LogP contribution in [0.3, 0.4) is 0 Å². The van der Waals surface area contributed by atoms with Crippen molar-refractivity contribution in [2.45, 2.75) is 33.5 Å². The zero-order valence-corrected chi connectivity index (χ0v) is 9.32. The molecule has 0 spiro atoms. The van der Waals surface area contributed by atoms with Gasteiger partial charge in [0, 0.05) is 12.0 Å². The van der Waals surface area contributed by atoms with E-state index in [1.165, 1.54) is 0 Å². The summed E-state index contributed by atoms with van der Waals surface area (Å²) in [5.74, 6) is 0. The topological polar surface area (TPSA) is 58.9 Å². The van der Waals surface area contributed by atoms with Gasteiger partial charge in [0.25, 0.3) is 0 Å². The van der Waals surface area contributed by atoms with Gasteiger partial charge in [0.2, 0.25) is 0 Å². The third-order valence-electron chi connectivity index (χ3n) is 1.88. The van der Waals surface area contributed by atoms with Crippen molar-refractivity contribution in [3.05, 3.63) is 0 Å². The molecule has 0 radical (unpaired) electrons. The van der Waals surface area contributed by atoms with Gasteiger partial charge in [0.15, 0.2) is 6.29 Å². The number of aliphatic hydroxyl groups is 2. The van der Waals surface area contributed by atoms with Gasteiger partial charge >= 0.3 is 0 Å². The van der Waals surface area contributed by atoms with Crippen LogP contribution in [0.2, 0.25) is 0 Å². The number of aliphatic hydroxyl groups excluding tert-OH is 2. The first-order chi connectivity index (χ1) is 6.58. The average Bonchev–Trinajstić information content (AvgIpc) is 2.17. The Kier molecular flexibility index (Phi) is 7.09. The highest BCUT2D eigenvalue weighted by molar-refractivity contribution is 4.71. The molecule has 0 aliphatic heterocycles. The Morgan fingerprint density at radius 1 is 1.14 bits per heavy atom. The van der Waals surface area contributed by atoms with Crippen LogP contribution in [0, 0.1) is 5.41 Å². The molecule has 4 heteroatoms. The number of hydrogen-bond acceptors (Lipinski definition) is 4. The van der Waals surface area contributed by atoms with Crippen LogP contribution in [-0.4, -0.2) is 42.9 Å². The van der Waals surface area contributed by atoms with Crippen molar-refractivity contribution in [1.82, 2.24) is 0 Å². The molecule has 0 bridgehead atoms. The molecular formula is C10H22O4. The van der Waals surface area contributed by atoms with Gasteiger partial charge in [-0.25, -0.2) is 0 Å². The summed E-state index contributed by atoms with van der Waals surface area (Å²) in [4.78, 5) is 0. The highest BCUT2D eigenvalue weighted by Crippen LogP contribution is 2.23. The highest BCUT2D eigenvalue weighted by Gasteiger charge is 2.30. The van der Waals surface area contributed by atoms with E-state index in [0.29, 0.717) is 6.61 Å². The first kappa shape index (κ1) is 13.8. The summed E-state index contributed by atoms with van der Waals surface area (Å²) in [5.41, 5.74) is -0.440. The van der Waals surface area contributed by atoms with Crippen LogP contribution in [0.5, 0.6) is 0 Å². The second kappa shape index (κ2) is 7.17. The highest BCUT2D eigenvalue weighted by atomic mass is 16.7. The van der Waals surface area contributed by atoms with Crippen LogP contribution in [0.1, 0.15) is 27.2 Å². The summed E-state index contributed by atoms with van der Waals surface area (Å²) < 4.78 is 10.8. The van der Waals surface area contributed by atoms with Crippen LogP contribution >= 0.6 is 0 Å². The third kappa shape index (κ3) is 4.91. The molecular weight excluding hydrogens is 184 g/mol. The molecule has 1 unspecified atom stereocenters. The van der Waals surface area contributed by atoms with Crippen molar-refractivity contribution in [1.29, 1.82) is 0 Å². The normalized spacial score (nSPS) is 14.4. The quantitative estimate of drug-likeness (QED) is 0.576. The second-order valence-electron chi connectivity index (χ2n) is 3.94. The summed E-state index contributed by atoms with van der Waals surface area (Å²) in [5, 5.41) is 17.8. The predicted molar refractivity (Wildman–Crippen MR) is 53.9 cm³/mol. The van der Waals surface area contributed by atoms with Crippen LogP contribution in [-0.2, 0) is 9.47 Å². The molecule has 0 aromatic heterocycles. The van der Waals surface area contributed by atoms with E-state index in [1.54, 1.807) is 0 Å². The fourth-order valence-electron chi connectivity index (χ4n) is 0.958. The number of hydrogen-bond donors (Lipinski definition) is 2. The molecule has 1 atom stereocenters. The molecule has 0 aliphatic carbocycles. The summed E-state index contributed by atoms with van der Waals surface area (Å²) in [6.45, 7) is 6.53. The van der Waals surface area contributed by atoms with Gasteiger partial charge < -0.3 is 19.7 Å². The maximum atomic E-state index is 9.14. The molecule has 0 fully saturated rings. The minimum Gasteiger partial charge on any atom is -0.396 e. The lowest BCUT2D eigenvalue weighted by molar-refractivity contribution is -0.210. The Morgan fingerprint density at radius 3 is 2.14 bits per heavy atom. The maximum Gasteiger partial charge on any atom is 0.164 e. The standard InChI is InChI=1S/C10H22O4/c1-4-6-13-9(14-7-5-11)10(2,3)8-12/h9,11-12H,4-8H2,1-3H3. The lowest BCUT2D eigenvalue weighted by atomic mass is 9.94. The Balaban J connectivity index is 4.08. The van der Waals surface area contributed by atoms with Crippen molar-refractivity contribution in [3.63, 3.8) is 0 Å². The van der Waals surface area contributed by atoms with Gasteiger partial charge in [-0.3, -0.25) is 0 Å². The first-order valence-corrected chi connectivity index (χ1v) is 5.03. The Bertz CT molecular complexity index is 128. The molecule has 0 saturated heterocycles. The van der Waals surface area contributed by atoms with Gasteiger partial charge in [-0.1, -0.05) is 20.8 Å². The monoisotopic (exact) mass is 206 g/mol. The van der Waals surface area contributed by atoms with E-state index in [0.717, 1.165) is 6.42 Å². The molecule has 0 aliphatic rings. The summed E-state index contributed by atoms with van der Waals surface area (Å²) >= 11 is 0. The molecule has 0 rings (SSSR count). The van der Waals surface area contributed by atoms with Crippen molar-refractivity contribution in [3.8, 4) is 0 Å². The van der Waals surface area contributed by atoms with Crippen LogP contribution < -0.4 is 0 Å². The van der Waals surface area contributed by atoms with Crippen LogP contribution in [0.15, 0.2) is 0 Å². The zero-order chi connectivity index (χ0) is 11.0. The van der Waals surface area contributed by atoms with Gasteiger partial charge in [-0.15, -0.1) is 0 Å². The van der Waals surface area contributed by atoms with Gasteiger partial charge in [-0.2, -0.15) is 0 Å². The van der Waals surface area contributed by atoms with E-state index in [2.05, 4.69) is 0 Å². The molecule has 86 valence electrons. The maximum absolute atomic E-state index is 9.14. The van der Waals surface area contributed by atoms with Gasteiger partial charge in [-0.05, 0) is 6.42 Å². The lowest BCUT2D eigenvalue weighted by Gasteiger charge is -2.32. The Labute approximate surface area is 85.8 Å². The molecule has 0 aromatic rings. The molecule has 14 heavy (non-hydrogen) atoms. The van der Waals surface area contributed by atoms with E-state index in [1.807, 2.05) is 20.8 Å². The van der Waals surface area contributed by atoms with Crippen molar-refractivity contribution in [2.75, 3.05) is 26.4 Å². The zero-order valence-electron chi connectivity index (χ0n) is 9.32. The first-order valence-electron chi connectivity index (χ1n) is 5.03. The van der Waals surface area contributed by atoms with E-state index >= 15 is 0 Å². The smallest absolute Gasteiger partial charge is 0.164 e. The van der Waals surface area contributed by atoms with E-state index in [-0.39, 0.29) is 19.8 Å². The minimum absolute atomic E-state index is 0.00713. The van der Waals surface area contributed by atoms with Crippen molar-refractivity contribution < 1.29 is 19.7 Å². The largest absolute Gasteiger partial charge is 0.396 e. The second-order valence-corrected chi connectivity index (χ2v) is 3.94. The van der Waals surface area contributed by atoms with Gasteiger partial charge in [0.1, 0.15) is 0 Å². The summed E-state index contributed by atoms with van der Waals surface area (Å²) in [7, 11) is 0. The molecule has 0 aromatic carbocycles. The fraction of sp³-hybridized carbons (Fsp3) is 1.00. The SMILES string of the molecule is CCCOC(OCCO)C(C)(C)CO. The van der Waals surface area contributed by atoms with E-state index in [4.69, 9.17) is 19.7 Å². The summed E-state index contributed by atoms with van der Waals surface area (Å²) in [6.07, 6.45) is 0.445. The van der Waals surface area contributed by atoms with E-state index in [9.17, 15) is 0 Å². The third-order valence-corrected chi connectivity index (χ3v) is 1.88. The molecule has 0 heterocycles. The Morgan fingerprint density at radius 2 is 1.71 bits per heavy atom. The van der Waals surface area contributed by atoms with Crippen LogP contribution in [0.25, 0.3) is 0 Å². The molecule has 0 saturated carbocycles. The minimum atomic E-state index is -0.459. The summed E-state index contributed by atoms with van der Waals surface area (Å²) in [6, 6.07) is 0. The van der Waals surface area contributed by atoms with Gasteiger partial charge in [0.05, 0.1) is 19.8 Å². The van der Waals surface area contributed by atoms with Crippen LogP contribution in [0.4, 0.5) is 0 Å². The van der Waals surface area contributed by atoms with Crippen molar-refractivity contribution >= 4 is 0 Å². The van der Waals surface area contributed by atoms with E-state index < -0.39 is 11.7 Å². The molecule has 0 amide bonds. The molecule has 4 nitrogen and oxygen atoms in total. The molecule has 2 N–H and O–H groups in total. The lowest BCUT2D eigenvalue weighted by Crippen LogP contribution is -2.38.